The summed E-state index contributed by atoms with van der Waals surface area (Å²) in [6.07, 6.45) is 2.27. The molecular formula is C5H6N2O. The zero-order valence-corrected chi connectivity index (χ0v) is 4.53. The summed E-state index contributed by atoms with van der Waals surface area (Å²) in [5.41, 5.74) is 0.858. The largest absolute Gasteiger partial charge is 0.276 e. The standard InChI is InChI=1S/C5H6N2O/c1-5-2-3-7(4-8)6-5/h2-4H,1H3. The second-order valence-corrected chi connectivity index (χ2v) is 1.54. The minimum absolute atomic E-state index is 0.660. The van der Waals surface area contributed by atoms with Gasteiger partial charge in [0.15, 0.2) is 0 Å². The first-order chi connectivity index (χ1) is 3.83. The van der Waals surface area contributed by atoms with E-state index in [0.717, 1.165) is 5.69 Å². The van der Waals surface area contributed by atoms with E-state index in [9.17, 15) is 4.79 Å². The molecule has 1 rings (SSSR count). The molecule has 0 aliphatic rings. The van der Waals surface area contributed by atoms with E-state index in [-0.39, 0.29) is 0 Å². The van der Waals surface area contributed by atoms with Crippen molar-refractivity contribution in [2.75, 3.05) is 0 Å². The molecule has 0 amide bonds. The van der Waals surface area contributed by atoms with Crippen molar-refractivity contribution >= 4 is 6.41 Å². The maximum atomic E-state index is 9.92. The molecule has 0 fully saturated rings. The SMILES string of the molecule is Cc1ccn(C=O)n1. The Balaban J connectivity index is 3.00. The van der Waals surface area contributed by atoms with E-state index in [4.69, 9.17) is 0 Å². The molecule has 1 heterocycles. The van der Waals surface area contributed by atoms with E-state index in [1.165, 1.54) is 4.68 Å². The number of aromatic nitrogens is 2. The van der Waals surface area contributed by atoms with Crippen molar-refractivity contribution in [2.24, 2.45) is 0 Å². The third kappa shape index (κ3) is 0.753. The minimum atomic E-state index is 0.660. The molecule has 1 aromatic heterocycles. The van der Waals surface area contributed by atoms with Gasteiger partial charge in [-0.1, -0.05) is 0 Å². The Morgan fingerprint density at radius 3 is 2.88 bits per heavy atom. The molecule has 1 aromatic rings. The molecule has 0 atom stereocenters. The van der Waals surface area contributed by atoms with E-state index in [2.05, 4.69) is 5.10 Å². The van der Waals surface area contributed by atoms with Gasteiger partial charge in [0.2, 0.25) is 6.41 Å². The van der Waals surface area contributed by atoms with Crippen LogP contribution in [0.5, 0.6) is 0 Å². The first-order valence-electron chi connectivity index (χ1n) is 2.30. The second-order valence-electron chi connectivity index (χ2n) is 1.54. The van der Waals surface area contributed by atoms with Gasteiger partial charge in [0, 0.05) is 6.20 Å². The lowest BCUT2D eigenvalue weighted by Gasteiger charge is -1.78. The third-order valence-corrected chi connectivity index (χ3v) is 0.850. The topological polar surface area (TPSA) is 34.9 Å². The monoisotopic (exact) mass is 110 g/mol. The number of aryl methyl sites for hydroxylation is 1. The van der Waals surface area contributed by atoms with Crippen LogP contribution in [0.15, 0.2) is 12.3 Å². The highest BCUT2D eigenvalue weighted by molar-refractivity contribution is 5.49. The van der Waals surface area contributed by atoms with Crippen LogP contribution in [-0.4, -0.2) is 16.2 Å². The Labute approximate surface area is 46.9 Å². The van der Waals surface area contributed by atoms with Crippen molar-refractivity contribution < 1.29 is 4.79 Å². The van der Waals surface area contributed by atoms with Gasteiger partial charge in [0.1, 0.15) is 0 Å². The van der Waals surface area contributed by atoms with E-state index in [1.54, 1.807) is 12.3 Å². The summed E-state index contributed by atoms with van der Waals surface area (Å²) in [7, 11) is 0. The number of carbonyl (C=O) groups is 1. The lowest BCUT2D eigenvalue weighted by molar-refractivity contribution is 0.540. The number of rotatable bonds is 1. The molecule has 0 aliphatic heterocycles. The first-order valence-corrected chi connectivity index (χ1v) is 2.30. The maximum absolute atomic E-state index is 9.92. The Morgan fingerprint density at radius 1 is 1.88 bits per heavy atom. The minimum Gasteiger partial charge on any atom is -0.276 e. The fourth-order valence-electron chi connectivity index (χ4n) is 0.492. The number of hydrogen-bond acceptors (Lipinski definition) is 2. The van der Waals surface area contributed by atoms with Crippen LogP contribution < -0.4 is 0 Å². The molecule has 0 saturated carbocycles. The van der Waals surface area contributed by atoms with Crippen LogP contribution in [0.1, 0.15) is 5.69 Å². The highest BCUT2D eigenvalue weighted by Crippen LogP contribution is 1.87. The molecule has 8 heavy (non-hydrogen) atoms. The lowest BCUT2D eigenvalue weighted by Crippen LogP contribution is -1.93. The smallest absolute Gasteiger partial charge is 0.234 e. The Hall–Kier alpha value is -1.12. The molecule has 0 spiro atoms. The summed E-state index contributed by atoms with van der Waals surface area (Å²) in [6.45, 7) is 1.83. The molecule has 0 aliphatic carbocycles. The van der Waals surface area contributed by atoms with Crippen molar-refractivity contribution in [3.8, 4) is 0 Å². The fourth-order valence-corrected chi connectivity index (χ4v) is 0.492. The second kappa shape index (κ2) is 1.78. The maximum Gasteiger partial charge on any atom is 0.234 e. The molecule has 0 bridgehead atoms. The molecular weight excluding hydrogens is 104 g/mol. The predicted octanol–water partition coefficient (Wildman–Crippen LogP) is 0.230. The number of carbonyl (C=O) groups excluding carboxylic acids is 1. The van der Waals surface area contributed by atoms with Crippen molar-refractivity contribution in [1.29, 1.82) is 0 Å². The van der Waals surface area contributed by atoms with Gasteiger partial charge >= 0.3 is 0 Å². The molecule has 42 valence electrons. The van der Waals surface area contributed by atoms with E-state index in [0.29, 0.717) is 6.41 Å². The van der Waals surface area contributed by atoms with E-state index in [1.807, 2.05) is 6.92 Å². The number of hydrogen-bond donors (Lipinski definition) is 0. The van der Waals surface area contributed by atoms with Crippen molar-refractivity contribution in [2.45, 2.75) is 6.92 Å². The lowest BCUT2D eigenvalue weighted by atomic mass is 10.5. The van der Waals surface area contributed by atoms with Gasteiger partial charge in [0.25, 0.3) is 0 Å². The highest BCUT2D eigenvalue weighted by atomic mass is 16.1. The molecule has 0 unspecified atom stereocenters. The quantitative estimate of drug-likeness (QED) is 0.485. The molecule has 0 saturated heterocycles. The summed E-state index contributed by atoms with van der Waals surface area (Å²) in [5.74, 6) is 0. The molecule has 0 radical (unpaired) electrons. The van der Waals surface area contributed by atoms with Gasteiger partial charge in [0.05, 0.1) is 5.69 Å². The zero-order valence-electron chi connectivity index (χ0n) is 4.53. The molecule has 0 aromatic carbocycles. The number of nitrogens with zero attached hydrogens (tertiary/aromatic N) is 2. The summed E-state index contributed by atoms with van der Waals surface area (Å²) in [6, 6.07) is 1.77. The average Bonchev–Trinajstić information content (AvgIpc) is 2.14. The summed E-state index contributed by atoms with van der Waals surface area (Å²) in [5, 5.41) is 3.78. The van der Waals surface area contributed by atoms with Crippen molar-refractivity contribution in [1.82, 2.24) is 9.78 Å². The van der Waals surface area contributed by atoms with Crippen LogP contribution in [0.25, 0.3) is 0 Å². The summed E-state index contributed by atoms with van der Waals surface area (Å²) < 4.78 is 1.23. The molecule has 3 heteroatoms. The Morgan fingerprint density at radius 2 is 2.62 bits per heavy atom. The van der Waals surface area contributed by atoms with Crippen LogP contribution >= 0.6 is 0 Å². The predicted molar refractivity (Wildman–Crippen MR) is 29.1 cm³/mol. The van der Waals surface area contributed by atoms with Gasteiger partial charge in [-0.25, -0.2) is 4.68 Å². The van der Waals surface area contributed by atoms with Gasteiger partial charge in [-0.05, 0) is 13.0 Å². The van der Waals surface area contributed by atoms with E-state index < -0.39 is 0 Å². The Bertz CT molecular complexity index is 192. The first kappa shape index (κ1) is 5.03. The van der Waals surface area contributed by atoms with Crippen LogP contribution in [0, 0.1) is 6.92 Å². The van der Waals surface area contributed by atoms with Crippen molar-refractivity contribution in [3.63, 3.8) is 0 Å². The van der Waals surface area contributed by atoms with Crippen LogP contribution in [-0.2, 0) is 4.79 Å². The van der Waals surface area contributed by atoms with Gasteiger partial charge in [-0.2, -0.15) is 5.10 Å². The van der Waals surface area contributed by atoms with Gasteiger partial charge in [-0.3, -0.25) is 4.79 Å². The normalized spacial score (nSPS) is 9.12. The van der Waals surface area contributed by atoms with Crippen LogP contribution in [0.2, 0.25) is 0 Å². The van der Waals surface area contributed by atoms with Gasteiger partial charge < -0.3 is 0 Å². The molecule has 3 nitrogen and oxygen atoms in total. The summed E-state index contributed by atoms with van der Waals surface area (Å²) in [4.78, 5) is 9.92. The van der Waals surface area contributed by atoms with Crippen molar-refractivity contribution in [3.05, 3.63) is 18.0 Å². The molecule has 0 N–H and O–H groups in total. The summed E-state index contributed by atoms with van der Waals surface area (Å²) >= 11 is 0. The average molecular weight is 110 g/mol. The van der Waals surface area contributed by atoms with Gasteiger partial charge in [-0.15, -0.1) is 0 Å². The zero-order chi connectivity index (χ0) is 5.98. The highest BCUT2D eigenvalue weighted by Gasteiger charge is 1.86. The van der Waals surface area contributed by atoms with E-state index >= 15 is 0 Å². The fraction of sp³-hybridized carbons (Fsp3) is 0.200. The van der Waals surface area contributed by atoms with Crippen LogP contribution in [0.3, 0.4) is 0 Å². The third-order valence-electron chi connectivity index (χ3n) is 0.850. The van der Waals surface area contributed by atoms with Crippen LogP contribution in [0.4, 0.5) is 0 Å². The Kier molecular flexibility index (Phi) is 1.12.